The van der Waals surface area contributed by atoms with Crippen LogP contribution in [0.4, 0.5) is 0 Å². The first-order valence-electron chi connectivity index (χ1n) is 7.33. The molecule has 118 valence electrons. The molecule has 1 heterocycles. The zero-order chi connectivity index (χ0) is 16.3. The molecule has 1 unspecified atom stereocenters. The van der Waals surface area contributed by atoms with E-state index in [0.717, 1.165) is 16.3 Å². The van der Waals surface area contributed by atoms with Crippen LogP contribution >= 0.6 is 11.3 Å². The summed E-state index contributed by atoms with van der Waals surface area (Å²) < 4.78 is 0. The maximum atomic E-state index is 12.1. The van der Waals surface area contributed by atoms with Gasteiger partial charge in [-0.1, -0.05) is 26.0 Å². The summed E-state index contributed by atoms with van der Waals surface area (Å²) in [4.78, 5) is 16.6. The maximum absolute atomic E-state index is 12.1. The van der Waals surface area contributed by atoms with Gasteiger partial charge >= 0.3 is 0 Å². The fraction of sp³-hybridized carbons (Fsp3) is 0.412. The lowest BCUT2D eigenvalue weighted by Crippen LogP contribution is -2.44. The Bertz CT molecular complexity index is 645. The van der Waals surface area contributed by atoms with Crippen LogP contribution in [0.15, 0.2) is 29.6 Å². The molecule has 0 saturated heterocycles. The van der Waals surface area contributed by atoms with E-state index in [4.69, 9.17) is 0 Å². The molecule has 2 rings (SSSR count). The van der Waals surface area contributed by atoms with Crippen molar-refractivity contribution in [3.8, 4) is 10.6 Å². The molecule has 5 heteroatoms. The highest BCUT2D eigenvalue weighted by Gasteiger charge is 2.25. The van der Waals surface area contributed by atoms with Crippen LogP contribution in [-0.4, -0.2) is 28.1 Å². The molecule has 0 bridgehead atoms. The summed E-state index contributed by atoms with van der Waals surface area (Å²) in [5, 5.41) is 15.9. The van der Waals surface area contributed by atoms with Gasteiger partial charge < -0.3 is 10.4 Å². The number of carbonyl (C=O) groups is 1. The van der Waals surface area contributed by atoms with E-state index in [1.54, 1.807) is 30.4 Å². The van der Waals surface area contributed by atoms with Crippen LogP contribution in [0.1, 0.15) is 36.8 Å². The van der Waals surface area contributed by atoms with Crippen molar-refractivity contribution >= 4 is 17.2 Å². The highest BCUT2D eigenvalue weighted by molar-refractivity contribution is 7.13. The molecule has 2 aromatic rings. The van der Waals surface area contributed by atoms with Gasteiger partial charge in [0.25, 0.3) is 5.91 Å². The van der Waals surface area contributed by atoms with Gasteiger partial charge in [-0.05, 0) is 31.9 Å². The van der Waals surface area contributed by atoms with Crippen molar-refractivity contribution in [1.29, 1.82) is 0 Å². The summed E-state index contributed by atoms with van der Waals surface area (Å²) in [6.07, 6.45) is 0. The molecule has 0 radical (unpaired) electrons. The summed E-state index contributed by atoms with van der Waals surface area (Å²) in [7, 11) is 0. The maximum Gasteiger partial charge on any atom is 0.251 e. The zero-order valence-corrected chi connectivity index (χ0v) is 14.2. The predicted molar refractivity (Wildman–Crippen MR) is 90.1 cm³/mol. The molecule has 1 amide bonds. The Morgan fingerprint density at radius 2 is 2.00 bits per heavy atom. The molecule has 0 fully saturated rings. The fourth-order valence-corrected chi connectivity index (χ4v) is 2.62. The number of nitrogens with zero attached hydrogens (tertiary/aromatic N) is 1. The molecule has 2 N–H and O–H groups in total. The Morgan fingerprint density at radius 1 is 1.36 bits per heavy atom. The highest BCUT2D eigenvalue weighted by Crippen LogP contribution is 2.23. The standard InChI is InChI=1S/C17H22N2O2S/c1-11(2)17(4,21)10-18-15(20)13-5-7-14(8-6-13)16-19-12(3)9-22-16/h5-9,11,21H,10H2,1-4H3,(H,18,20). The molecular weight excluding hydrogens is 296 g/mol. The Kier molecular flexibility index (Phi) is 4.98. The Labute approximate surface area is 135 Å². The third kappa shape index (κ3) is 3.93. The van der Waals surface area contributed by atoms with Gasteiger partial charge in [-0.15, -0.1) is 11.3 Å². The molecule has 4 nitrogen and oxygen atoms in total. The average molecular weight is 318 g/mol. The van der Waals surface area contributed by atoms with Crippen molar-refractivity contribution in [1.82, 2.24) is 10.3 Å². The van der Waals surface area contributed by atoms with Crippen LogP contribution in [-0.2, 0) is 0 Å². The first kappa shape index (κ1) is 16.6. The Morgan fingerprint density at radius 3 is 2.50 bits per heavy atom. The van der Waals surface area contributed by atoms with Gasteiger partial charge in [0.2, 0.25) is 0 Å². The third-order valence-corrected chi connectivity index (χ3v) is 4.87. The number of aryl methyl sites for hydroxylation is 1. The van der Waals surface area contributed by atoms with Crippen molar-refractivity contribution in [3.63, 3.8) is 0 Å². The smallest absolute Gasteiger partial charge is 0.251 e. The monoisotopic (exact) mass is 318 g/mol. The number of aromatic nitrogens is 1. The van der Waals surface area contributed by atoms with Crippen LogP contribution in [0, 0.1) is 12.8 Å². The molecule has 0 aliphatic carbocycles. The van der Waals surface area contributed by atoms with E-state index in [-0.39, 0.29) is 18.4 Å². The lowest BCUT2D eigenvalue weighted by atomic mass is 9.92. The van der Waals surface area contributed by atoms with E-state index in [0.29, 0.717) is 5.56 Å². The lowest BCUT2D eigenvalue weighted by molar-refractivity contribution is 0.0142. The molecule has 0 aliphatic rings. The number of carbonyl (C=O) groups excluding carboxylic acids is 1. The highest BCUT2D eigenvalue weighted by atomic mass is 32.1. The molecule has 0 spiro atoms. The SMILES string of the molecule is Cc1csc(-c2ccc(C(=O)NCC(C)(O)C(C)C)cc2)n1. The normalized spacial score (nSPS) is 13.9. The van der Waals surface area contributed by atoms with E-state index in [2.05, 4.69) is 10.3 Å². The second-order valence-electron chi connectivity index (χ2n) is 6.07. The number of benzene rings is 1. The van der Waals surface area contributed by atoms with Crippen molar-refractivity contribution in [3.05, 3.63) is 40.9 Å². The number of amides is 1. The van der Waals surface area contributed by atoms with Gasteiger partial charge in [0.1, 0.15) is 5.01 Å². The van der Waals surface area contributed by atoms with Crippen LogP contribution in [0.25, 0.3) is 10.6 Å². The van der Waals surface area contributed by atoms with E-state index in [9.17, 15) is 9.90 Å². The minimum Gasteiger partial charge on any atom is -0.388 e. The first-order chi connectivity index (χ1) is 10.3. The minimum atomic E-state index is -0.909. The number of aliphatic hydroxyl groups is 1. The van der Waals surface area contributed by atoms with Gasteiger partial charge in [0.05, 0.1) is 5.60 Å². The molecule has 0 aliphatic heterocycles. The van der Waals surface area contributed by atoms with Crippen molar-refractivity contribution in [2.75, 3.05) is 6.54 Å². The quantitative estimate of drug-likeness (QED) is 0.889. The van der Waals surface area contributed by atoms with Crippen LogP contribution in [0.3, 0.4) is 0 Å². The number of hydrogen-bond acceptors (Lipinski definition) is 4. The summed E-state index contributed by atoms with van der Waals surface area (Å²) in [5.74, 6) is -0.105. The molecule has 1 atom stereocenters. The zero-order valence-electron chi connectivity index (χ0n) is 13.4. The summed E-state index contributed by atoms with van der Waals surface area (Å²) >= 11 is 1.59. The van der Waals surface area contributed by atoms with Crippen molar-refractivity contribution < 1.29 is 9.90 Å². The molecule has 22 heavy (non-hydrogen) atoms. The van der Waals surface area contributed by atoms with E-state index >= 15 is 0 Å². The van der Waals surface area contributed by atoms with Gasteiger partial charge in [-0.25, -0.2) is 4.98 Å². The van der Waals surface area contributed by atoms with Gasteiger partial charge in [0, 0.05) is 28.7 Å². The Hall–Kier alpha value is -1.72. The van der Waals surface area contributed by atoms with Crippen molar-refractivity contribution in [2.24, 2.45) is 5.92 Å². The second kappa shape index (κ2) is 6.58. The molecule has 0 saturated carbocycles. The second-order valence-corrected chi connectivity index (χ2v) is 6.92. The number of rotatable bonds is 5. The topological polar surface area (TPSA) is 62.2 Å². The predicted octanol–water partition coefficient (Wildman–Crippen LogP) is 3.26. The summed E-state index contributed by atoms with van der Waals surface area (Å²) in [6, 6.07) is 7.36. The summed E-state index contributed by atoms with van der Waals surface area (Å²) in [5.41, 5.74) is 1.67. The number of thiazole rings is 1. The largest absolute Gasteiger partial charge is 0.388 e. The lowest BCUT2D eigenvalue weighted by Gasteiger charge is -2.27. The minimum absolute atomic E-state index is 0.0725. The van der Waals surface area contributed by atoms with E-state index in [1.807, 2.05) is 38.3 Å². The van der Waals surface area contributed by atoms with Gasteiger partial charge in [-0.2, -0.15) is 0 Å². The van der Waals surface area contributed by atoms with Gasteiger partial charge in [0.15, 0.2) is 0 Å². The average Bonchev–Trinajstić information content (AvgIpc) is 2.91. The first-order valence-corrected chi connectivity index (χ1v) is 8.20. The Balaban J connectivity index is 2.03. The van der Waals surface area contributed by atoms with Crippen LogP contribution in [0.2, 0.25) is 0 Å². The van der Waals surface area contributed by atoms with Crippen molar-refractivity contribution in [2.45, 2.75) is 33.3 Å². The van der Waals surface area contributed by atoms with Crippen LogP contribution in [0.5, 0.6) is 0 Å². The van der Waals surface area contributed by atoms with Crippen LogP contribution < -0.4 is 5.32 Å². The fourth-order valence-electron chi connectivity index (χ4n) is 1.82. The number of hydrogen-bond donors (Lipinski definition) is 2. The van der Waals surface area contributed by atoms with E-state index in [1.165, 1.54) is 0 Å². The number of nitrogens with one attached hydrogen (secondary N) is 1. The molecular formula is C17H22N2O2S. The summed E-state index contributed by atoms with van der Waals surface area (Å²) in [6.45, 7) is 7.78. The van der Waals surface area contributed by atoms with E-state index < -0.39 is 5.60 Å². The third-order valence-electron chi connectivity index (χ3n) is 3.86. The molecule has 1 aromatic heterocycles. The molecule has 1 aromatic carbocycles. The van der Waals surface area contributed by atoms with Gasteiger partial charge in [-0.3, -0.25) is 4.79 Å².